The first-order chi connectivity index (χ1) is 4.84. The van der Waals surface area contributed by atoms with Crippen molar-refractivity contribution in [2.45, 2.75) is 19.2 Å². The maximum absolute atomic E-state index is 11.6. The number of carboxylic acid groups (broad SMARTS) is 1. The Balaban J connectivity index is 3.70. The molecule has 1 unspecified atom stereocenters. The molecular formula is C5H7F3O3. The normalized spacial score (nSPS) is 14.5. The van der Waals surface area contributed by atoms with E-state index in [1.54, 1.807) is 0 Å². The van der Waals surface area contributed by atoms with E-state index < -0.39 is 24.9 Å². The fraction of sp³-hybridized carbons (Fsp3) is 0.800. The highest BCUT2D eigenvalue weighted by atomic mass is 19.4. The van der Waals surface area contributed by atoms with Crippen LogP contribution in [0.1, 0.15) is 6.92 Å². The summed E-state index contributed by atoms with van der Waals surface area (Å²) in [6, 6.07) is 0. The van der Waals surface area contributed by atoms with Crippen LogP contribution in [0.25, 0.3) is 0 Å². The SMILES string of the molecule is CC(OCC(=O)O)C(F)(F)F. The maximum atomic E-state index is 11.6. The monoisotopic (exact) mass is 172 g/mol. The van der Waals surface area contributed by atoms with Crippen LogP contribution in [-0.4, -0.2) is 30.0 Å². The molecule has 0 aromatic rings. The molecule has 0 aliphatic rings. The molecule has 6 heteroatoms. The summed E-state index contributed by atoms with van der Waals surface area (Å²) in [5, 5.41) is 7.94. The molecule has 0 aliphatic carbocycles. The van der Waals surface area contributed by atoms with Gasteiger partial charge >= 0.3 is 12.1 Å². The molecule has 0 heterocycles. The lowest BCUT2D eigenvalue weighted by Crippen LogP contribution is -2.30. The van der Waals surface area contributed by atoms with Crippen LogP contribution in [0.15, 0.2) is 0 Å². The molecule has 66 valence electrons. The Hall–Kier alpha value is -0.780. The van der Waals surface area contributed by atoms with Gasteiger partial charge in [0.25, 0.3) is 0 Å². The van der Waals surface area contributed by atoms with Gasteiger partial charge in [-0.25, -0.2) is 4.79 Å². The van der Waals surface area contributed by atoms with E-state index in [9.17, 15) is 18.0 Å². The summed E-state index contributed by atoms with van der Waals surface area (Å²) in [6.07, 6.45) is -6.52. The van der Waals surface area contributed by atoms with Crippen molar-refractivity contribution >= 4 is 5.97 Å². The number of carbonyl (C=O) groups is 1. The van der Waals surface area contributed by atoms with E-state index in [-0.39, 0.29) is 0 Å². The summed E-state index contributed by atoms with van der Waals surface area (Å²) in [7, 11) is 0. The van der Waals surface area contributed by atoms with Gasteiger partial charge in [-0.3, -0.25) is 0 Å². The van der Waals surface area contributed by atoms with E-state index in [2.05, 4.69) is 4.74 Å². The molecule has 0 aliphatic heterocycles. The van der Waals surface area contributed by atoms with Crippen molar-refractivity contribution in [1.82, 2.24) is 0 Å². The van der Waals surface area contributed by atoms with Gasteiger partial charge < -0.3 is 9.84 Å². The molecule has 0 saturated carbocycles. The first-order valence-corrected chi connectivity index (χ1v) is 2.74. The third kappa shape index (κ3) is 4.60. The van der Waals surface area contributed by atoms with Gasteiger partial charge in [0, 0.05) is 0 Å². The number of hydrogen-bond acceptors (Lipinski definition) is 2. The Morgan fingerprint density at radius 3 is 2.36 bits per heavy atom. The lowest BCUT2D eigenvalue weighted by Gasteiger charge is -2.14. The van der Waals surface area contributed by atoms with Crippen LogP contribution >= 0.6 is 0 Å². The number of alkyl halides is 3. The van der Waals surface area contributed by atoms with E-state index in [1.807, 2.05) is 0 Å². The van der Waals surface area contributed by atoms with Crippen molar-refractivity contribution in [2.75, 3.05) is 6.61 Å². The molecule has 1 atom stereocenters. The number of aliphatic carboxylic acids is 1. The van der Waals surface area contributed by atoms with Crippen LogP contribution in [-0.2, 0) is 9.53 Å². The lowest BCUT2D eigenvalue weighted by atomic mass is 10.4. The maximum Gasteiger partial charge on any atom is 0.414 e. The molecule has 0 aromatic heterocycles. The van der Waals surface area contributed by atoms with Crippen molar-refractivity contribution in [1.29, 1.82) is 0 Å². The summed E-state index contributed by atoms with van der Waals surface area (Å²) < 4.78 is 38.7. The number of halogens is 3. The Kier molecular flexibility index (Phi) is 3.31. The summed E-state index contributed by atoms with van der Waals surface area (Å²) in [5.41, 5.74) is 0. The highest BCUT2D eigenvalue weighted by Crippen LogP contribution is 2.21. The van der Waals surface area contributed by atoms with Crippen LogP contribution in [0.5, 0.6) is 0 Å². The zero-order valence-electron chi connectivity index (χ0n) is 5.68. The largest absolute Gasteiger partial charge is 0.480 e. The lowest BCUT2D eigenvalue weighted by molar-refractivity contribution is -0.215. The molecule has 0 spiro atoms. The van der Waals surface area contributed by atoms with Gasteiger partial charge in [0.05, 0.1) is 0 Å². The Morgan fingerprint density at radius 2 is 2.09 bits per heavy atom. The molecular weight excluding hydrogens is 165 g/mol. The van der Waals surface area contributed by atoms with Gasteiger partial charge in [-0.1, -0.05) is 0 Å². The van der Waals surface area contributed by atoms with Crippen LogP contribution in [0, 0.1) is 0 Å². The minimum absolute atomic E-state index is 0.753. The van der Waals surface area contributed by atoms with Gasteiger partial charge in [-0.05, 0) is 6.92 Å². The minimum atomic E-state index is -4.49. The smallest absolute Gasteiger partial charge is 0.414 e. The highest BCUT2D eigenvalue weighted by Gasteiger charge is 2.37. The fourth-order valence-corrected chi connectivity index (χ4v) is 0.291. The highest BCUT2D eigenvalue weighted by molar-refractivity contribution is 5.68. The van der Waals surface area contributed by atoms with Gasteiger partial charge in [0.1, 0.15) is 6.61 Å². The Morgan fingerprint density at radius 1 is 1.64 bits per heavy atom. The molecule has 0 bridgehead atoms. The number of ether oxygens (including phenoxy) is 1. The third-order valence-corrected chi connectivity index (χ3v) is 0.918. The zero-order valence-corrected chi connectivity index (χ0v) is 5.68. The molecule has 11 heavy (non-hydrogen) atoms. The van der Waals surface area contributed by atoms with Crippen molar-refractivity contribution in [3.05, 3.63) is 0 Å². The average Bonchev–Trinajstić information content (AvgIpc) is 1.80. The first kappa shape index (κ1) is 10.2. The predicted molar refractivity (Wildman–Crippen MR) is 29.1 cm³/mol. The van der Waals surface area contributed by atoms with Gasteiger partial charge in [0.2, 0.25) is 0 Å². The van der Waals surface area contributed by atoms with Gasteiger partial charge in [-0.15, -0.1) is 0 Å². The first-order valence-electron chi connectivity index (χ1n) is 2.74. The van der Waals surface area contributed by atoms with Crippen LogP contribution in [0.2, 0.25) is 0 Å². The van der Waals surface area contributed by atoms with E-state index in [1.165, 1.54) is 0 Å². The number of rotatable bonds is 3. The second-order valence-corrected chi connectivity index (χ2v) is 1.89. The predicted octanol–water partition coefficient (Wildman–Crippen LogP) is 1.04. The van der Waals surface area contributed by atoms with Crippen molar-refractivity contribution in [2.24, 2.45) is 0 Å². The number of carboxylic acids is 1. The van der Waals surface area contributed by atoms with E-state index in [4.69, 9.17) is 5.11 Å². The second kappa shape index (κ2) is 3.56. The fourth-order valence-electron chi connectivity index (χ4n) is 0.291. The summed E-state index contributed by atoms with van der Waals surface area (Å²) in [6.45, 7) is -0.177. The molecule has 0 aromatic carbocycles. The molecule has 3 nitrogen and oxygen atoms in total. The molecule has 0 radical (unpaired) electrons. The summed E-state index contributed by atoms with van der Waals surface area (Å²) in [4.78, 5) is 9.74. The molecule has 0 saturated heterocycles. The molecule has 0 rings (SSSR count). The molecule has 1 N–H and O–H groups in total. The number of hydrogen-bond donors (Lipinski definition) is 1. The third-order valence-electron chi connectivity index (χ3n) is 0.918. The van der Waals surface area contributed by atoms with E-state index in [0.717, 1.165) is 6.92 Å². The van der Waals surface area contributed by atoms with Crippen molar-refractivity contribution in [3.63, 3.8) is 0 Å². The van der Waals surface area contributed by atoms with Crippen LogP contribution < -0.4 is 0 Å². The molecule has 0 fully saturated rings. The topological polar surface area (TPSA) is 46.5 Å². The Bertz CT molecular complexity index is 142. The summed E-state index contributed by atoms with van der Waals surface area (Å²) in [5.74, 6) is -1.42. The zero-order chi connectivity index (χ0) is 9.07. The van der Waals surface area contributed by atoms with Gasteiger partial charge in [-0.2, -0.15) is 13.2 Å². The van der Waals surface area contributed by atoms with E-state index in [0.29, 0.717) is 0 Å². The molecule has 0 amide bonds. The van der Waals surface area contributed by atoms with Crippen LogP contribution in [0.3, 0.4) is 0 Å². The van der Waals surface area contributed by atoms with Gasteiger partial charge in [0.15, 0.2) is 6.10 Å². The quantitative estimate of drug-likeness (QED) is 0.691. The standard InChI is InChI=1S/C5H7F3O3/c1-3(5(6,7)8)11-2-4(9)10/h3H,2H2,1H3,(H,9,10). The van der Waals surface area contributed by atoms with Crippen LogP contribution in [0.4, 0.5) is 13.2 Å². The van der Waals surface area contributed by atoms with Crippen molar-refractivity contribution in [3.8, 4) is 0 Å². The second-order valence-electron chi connectivity index (χ2n) is 1.89. The minimum Gasteiger partial charge on any atom is -0.480 e. The average molecular weight is 172 g/mol. The Labute approximate surface area is 60.8 Å². The van der Waals surface area contributed by atoms with Crippen molar-refractivity contribution < 1.29 is 27.8 Å². The van der Waals surface area contributed by atoms with E-state index >= 15 is 0 Å². The summed E-state index contributed by atoms with van der Waals surface area (Å²) >= 11 is 0.